The van der Waals surface area contributed by atoms with Crippen LogP contribution in [0.1, 0.15) is 38.7 Å². The van der Waals surface area contributed by atoms with E-state index in [9.17, 15) is 39.0 Å². The van der Waals surface area contributed by atoms with Crippen molar-refractivity contribution in [2.45, 2.75) is 75.8 Å². The predicted octanol–water partition coefficient (Wildman–Crippen LogP) is -2.92. The van der Waals surface area contributed by atoms with Gasteiger partial charge in [-0.3, -0.25) is 24.0 Å². The number of carboxylic acid groups (broad SMARTS) is 1. The summed E-state index contributed by atoms with van der Waals surface area (Å²) in [6.07, 6.45) is 2.95. The molecule has 2 heterocycles. The van der Waals surface area contributed by atoms with Gasteiger partial charge in [0.25, 0.3) is 0 Å². The zero-order valence-electron chi connectivity index (χ0n) is 26.8. The van der Waals surface area contributed by atoms with Gasteiger partial charge in [-0.05, 0) is 43.2 Å². The smallest absolute Gasteiger partial charge is 0.328 e. The molecule has 1 aromatic carbocycles. The van der Waals surface area contributed by atoms with Crippen molar-refractivity contribution >= 4 is 46.4 Å². The number of aromatic nitrogens is 1. The van der Waals surface area contributed by atoms with Crippen molar-refractivity contribution in [2.24, 2.45) is 11.7 Å². The molecule has 3 rings (SSSR count). The molecule has 1 saturated heterocycles. The largest absolute Gasteiger partial charge is 0.480 e. The molecule has 11 N–H and O–H groups in total. The number of carbonyl (C=O) groups excluding carboxylic acids is 5. The molecule has 48 heavy (non-hydrogen) atoms. The number of hydrogen-bond acceptors (Lipinski definition) is 10. The molecule has 0 radical (unpaired) electrons. The van der Waals surface area contributed by atoms with Gasteiger partial charge in [0, 0.05) is 23.6 Å². The van der Waals surface area contributed by atoms with Crippen LogP contribution in [0.15, 0.2) is 30.5 Å². The lowest BCUT2D eigenvalue weighted by Crippen LogP contribution is -2.60. The normalized spacial score (nSPS) is 17.6. The maximum absolute atomic E-state index is 13.8. The monoisotopic (exact) mass is 675 g/mol. The highest BCUT2D eigenvalue weighted by Crippen LogP contribution is 2.22. The Morgan fingerprint density at radius 3 is 2.06 bits per heavy atom. The van der Waals surface area contributed by atoms with Crippen molar-refractivity contribution in [3.63, 3.8) is 0 Å². The van der Waals surface area contributed by atoms with Crippen molar-refractivity contribution in [3.05, 3.63) is 36.0 Å². The molecular formula is C31H45N7O10. The van der Waals surface area contributed by atoms with Crippen LogP contribution in [0.4, 0.5) is 0 Å². The minimum Gasteiger partial charge on any atom is -0.480 e. The van der Waals surface area contributed by atoms with Crippen molar-refractivity contribution in [3.8, 4) is 0 Å². The Morgan fingerprint density at radius 1 is 0.875 bits per heavy atom. The lowest BCUT2D eigenvalue weighted by Gasteiger charge is -2.31. The third kappa shape index (κ3) is 9.72. The average molecular weight is 676 g/mol. The van der Waals surface area contributed by atoms with E-state index in [0.717, 1.165) is 16.5 Å². The standard InChI is InChI=1S/C31H45N7O10/c1-16(2)10-21(34-26(42)19(32)11-17-12-33-20-7-4-3-6-18(17)20)30(46)38-9-5-8-25(38)29(45)36-23(14-40)27(43)35-22(13-39)28(44)37-24(15-41)31(47)48/h3-4,6-7,12,16,19,21-25,33,39-41H,5,8-11,13-15,32H2,1-2H3,(H,34,42)(H,35,43)(H,36,45)(H,37,44)(H,47,48)/t19-,21-,22-,23-,24-,25-/m0/s1. The van der Waals surface area contributed by atoms with Crippen LogP contribution in [-0.2, 0) is 35.2 Å². The van der Waals surface area contributed by atoms with Crippen molar-refractivity contribution in [1.29, 1.82) is 0 Å². The third-order valence-electron chi connectivity index (χ3n) is 8.04. The molecule has 17 heteroatoms. The number of carboxylic acids is 1. The van der Waals surface area contributed by atoms with Crippen LogP contribution in [0.3, 0.4) is 0 Å². The number of nitrogens with two attached hydrogens (primary N) is 1. The molecular weight excluding hydrogens is 630 g/mol. The first-order chi connectivity index (χ1) is 22.8. The second-order valence-electron chi connectivity index (χ2n) is 12.1. The van der Waals surface area contributed by atoms with Crippen molar-refractivity contribution in [2.75, 3.05) is 26.4 Å². The summed E-state index contributed by atoms with van der Waals surface area (Å²) in [6, 6.07) is -0.361. The fraction of sp³-hybridized carbons (Fsp3) is 0.548. The van der Waals surface area contributed by atoms with Crippen LogP contribution in [-0.4, -0.2) is 128 Å². The van der Waals surface area contributed by atoms with Gasteiger partial charge >= 0.3 is 5.97 Å². The Bertz CT molecular complexity index is 1460. The first kappa shape index (κ1) is 37.9. The van der Waals surface area contributed by atoms with Crippen LogP contribution in [0, 0.1) is 5.92 Å². The lowest BCUT2D eigenvalue weighted by atomic mass is 10.0. The number of aliphatic hydroxyl groups is 3. The van der Waals surface area contributed by atoms with E-state index in [1.807, 2.05) is 43.4 Å². The Kier molecular flexibility index (Phi) is 13.8. The Morgan fingerprint density at radius 2 is 1.46 bits per heavy atom. The molecule has 1 aromatic heterocycles. The number of aliphatic carboxylic acids is 1. The number of nitrogens with zero attached hydrogens (tertiary/aromatic N) is 1. The Labute approximate surface area is 276 Å². The zero-order chi connectivity index (χ0) is 35.5. The summed E-state index contributed by atoms with van der Waals surface area (Å²) in [5.74, 6) is -5.56. The number of carbonyl (C=O) groups is 6. The molecule has 2 aromatic rings. The average Bonchev–Trinajstić information content (AvgIpc) is 3.71. The van der Waals surface area contributed by atoms with Crippen LogP contribution in [0.5, 0.6) is 0 Å². The topological polar surface area (TPSA) is 277 Å². The van der Waals surface area contributed by atoms with Gasteiger partial charge in [0.15, 0.2) is 0 Å². The minimum absolute atomic E-state index is 0.0127. The van der Waals surface area contributed by atoms with Gasteiger partial charge in [0.1, 0.15) is 30.2 Å². The third-order valence-corrected chi connectivity index (χ3v) is 8.04. The van der Waals surface area contributed by atoms with Gasteiger partial charge in [0.05, 0.1) is 25.9 Å². The molecule has 17 nitrogen and oxygen atoms in total. The number of para-hydroxylation sites is 1. The SMILES string of the molecule is CC(C)C[C@H](NC(=O)[C@@H](N)Cc1c[nH]c2ccccc12)C(=O)N1CCC[C@H]1C(=O)N[C@@H](CO)C(=O)N[C@@H](CO)C(=O)N[C@@H](CO)C(=O)O. The molecule has 1 aliphatic heterocycles. The number of H-pyrrole nitrogens is 1. The van der Waals surface area contributed by atoms with Gasteiger partial charge in [-0.2, -0.15) is 0 Å². The molecule has 1 fully saturated rings. The first-order valence-corrected chi connectivity index (χ1v) is 15.7. The molecule has 5 amide bonds. The number of hydrogen-bond donors (Lipinski definition) is 10. The minimum atomic E-state index is -1.69. The molecule has 0 saturated carbocycles. The van der Waals surface area contributed by atoms with E-state index >= 15 is 0 Å². The van der Waals surface area contributed by atoms with Gasteiger partial charge in [-0.15, -0.1) is 0 Å². The number of fused-ring (bicyclic) bond motifs is 1. The first-order valence-electron chi connectivity index (χ1n) is 15.7. The molecule has 264 valence electrons. The maximum atomic E-state index is 13.8. The zero-order valence-corrected chi connectivity index (χ0v) is 26.8. The number of amides is 5. The molecule has 0 spiro atoms. The van der Waals surface area contributed by atoms with Crippen LogP contribution in [0.2, 0.25) is 0 Å². The lowest BCUT2D eigenvalue weighted by molar-refractivity contribution is -0.144. The van der Waals surface area contributed by atoms with E-state index in [4.69, 9.17) is 15.9 Å². The van der Waals surface area contributed by atoms with Gasteiger partial charge in [0.2, 0.25) is 29.5 Å². The van der Waals surface area contributed by atoms with E-state index in [-0.39, 0.29) is 31.7 Å². The summed E-state index contributed by atoms with van der Waals surface area (Å²) < 4.78 is 0. The molecule has 0 unspecified atom stereocenters. The summed E-state index contributed by atoms with van der Waals surface area (Å²) >= 11 is 0. The fourth-order valence-electron chi connectivity index (χ4n) is 5.49. The molecule has 1 aliphatic rings. The van der Waals surface area contributed by atoms with E-state index in [1.54, 1.807) is 6.20 Å². The van der Waals surface area contributed by atoms with Crippen LogP contribution >= 0.6 is 0 Å². The number of aliphatic hydroxyl groups excluding tert-OH is 3. The maximum Gasteiger partial charge on any atom is 0.328 e. The van der Waals surface area contributed by atoms with Crippen LogP contribution < -0.4 is 27.0 Å². The van der Waals surface area contributed by atoms with Crippen molar-refractivity contribution < 1.29 is 49.2 Å². The van der Waals surface area contributed by atoms with E-state index in [1.165, 1.54) is 4.90 Å². The Hall–Kier alpha value is -4.58. The second kappa shape index (κ2) is 17.5. The highest BCUT2D eigenvalue weighted by molar-refractivity contribution is 5.97. The van der Waals surface area contributed by atoms with Gasteiger partial charge in [-0.25, -0.2) is 4.79 Å². The van der Waals surface area contributed by atoms with Gasteiger partial charge < -0.3 is 57.3 Å². The van der Waals surface area contributed by atoms with E-state index < -0.39 is 91.6 Å². The summed E-state index contributed by atoms with van der Waals surface area (Å²) in [5, 5.41) is 47.7. The highest BCUT2D eigenvalue weighted by atomic mass is 16.4. The fourth-order valence-corrected chi connectivity index (χ4v) is 5.49. The number of likely N-dealkylation sites (tertiary alicyclic amines) is 1. The predicted molar refractivity (Wildman–Crippen MR) is 171 cm³/mol. The molecule has 0 aliphatic carbocycles. The number of rotatable bonds is 17. The summed E-state index contributed by atoms with van der Waals surface area (Å²) in [6.45, 7) is 1.14. The summed E-state index contributed by atoms with van der Waals surface area (Å²) in [4.78, 5) is 81.0. The van der Waals surface area contributed by atoms with E-state index in [2.05, 4.69) is 20.9 Å². The number of aromatic amines is 1. The van der Waals surface area contributed by atoms with E-state index in [0.29, 0.717) is 6.42 Å². The summed E-state index contributed by atoms with van der Waals surface area (Å²) in [7, 11) is 0. The van der Waals surface area contributed by atoms with Crippen molar-refractivity contribution in [1.82, 2.24) is 31.2 Å². The Balaban J connectivity index is 1.65. The molecule has 0 bridgehead atoms. The number of benzene rings is 1. The number of nitrogens with one attached hydrogen (secondary N) is 5. The van der Waals surface area contributed by atoms with Crippen LogP contribution in [0.25, 0.3) is 10.9 Å². The van der Waals surface area contributed by atoms with Gasteiger partial charge in [-0.1, -0.05) is 32.0 Å². The quantitative estimate of drug-likeness (QED) is 0.0811. The second-order valence-corrected chi connectivity index (χ2v) is 12.1. The molecule has 6 atom stereocenters. The highest BCUT2D eigenvalue weighted by Gasteiger charge is 2.39. The summed E-state index contributed by atoms with van der Waals surface area (Å²) in [5.41, 5.74) is 8.01.